The summed E-state index contributed by atoms with van der Waals surface area (Å²) in [6, 6.07) is -5.64. The van der Waals surface area contributed by atoms with Crippen LogP contribution in [0.25, 0.3) is 0 Å². The van der Waals surface area contributed by atoms with Crippen LogP contribution in [0.1, 0.15) is 27.2 Å². The van der Waals surface area contributed by atoms with Gasteiger partial charge in [-0.1, -0.05) is 13.8 Å². The van der Waals surface area contributed by atoms with Crippen LogP contribution in [0.4, 0.5) is 0 Å². The zero-order chi connectivity index (χ0) is 22.9. The minimum Gasteiger partial charge on any atom is -0.480 e. The van der Waals surface area contributed by atoms with Crippen LogP contribution in [0.5, 0.6) is 0 Å². The van der Waals surface area contributed by atoms with E-state index < -0.39 is 78.8 Å². The van der Waals surface area contributed by atoms with E-state index in [9.17, 15) is 34.2 Å². The standard InChI is InChI=1S/C16H29N5O8/c1-6(2)11(15(27)21-12(7(3)23)16(28)29)20-14(26)9(5-22)19-13(25)8(17)4-10(18)24/h6-9,11-12,22-23H,4-5,17H2,1-3H3,(H2,18,24)(H,19,25)(H,20,26)(H,21,27)(H,28,29). The highest BCUT2D eigenvalue weighted by atomic mass is 16.4. The minimum atomic E-state index is -1.60. The smallest absolute Gasteiger partial charge is 0.328 e. The molecule has 0 radical (unpaired) electrons. The van der Waals surface area contributed by atoms with Crippen LogP contribution in [0.2, 0.25) is 0 Å². The minimum absolute atomic E-state index is 0.474. The molecule has 0 spiro atoms. The van der Waals surface area contributed by atoms with Crippen molar-refractivity contribution in [1.29, 1.82) is 0 Å². The topological polar surface area (TPSA) is 234 Å². The van der Waals surface area contributed by atoms with Crippen molar-refractivity contribution in [2.24, 2.45) is 17.4 Å². The Hall–Kier alpha value is -2.77. The molecule has 0 saturated carbocycles. The van der Waals surface area contributed by atoms with Crippen molar-refractivity contribution in [3.63, 3.8) is 0 Å². The summed E-state index contributed by atoms with van der Waals surface area (Å²) in [5.41, 5.74) is 10.4. The van der Waals surface area contributed by atoms with Crippen LogP contribution in [0.15, 0.2) is 0 Å². The molecular formula is C16H29N5O8. The summed E-state index contributed by atoms with van der Waals surface area (Å²) in [6.45, 7) is 3.48. The third kappa shape index (κ3) is 8.85. The van der Waals surface area contributed by atoms with Gasteiger partial charge in [0.25, 0.3) is 0 Å². The van der Waals surface area contributed by atoms with Gasteiger partial charge < -0.3 is 42.7 Å². The van der Waals surface area contributed by atoms with E-state index in [0.717, 1.165) is 0 Å². The highest BCUT2D eigenvalue weighted by Gasteiger charge is 2.33. The van der Waals surface area contributed by atoms with E-state index in [1.165, 1.54) is 6.92 Å². The zero-order valence-electron chi connectivity index (χ0n) is 16.4. The van der Waals surface area contributed by atoms with Crippen molar-refractivity contribution in [2.75, 3.05) is 6.61 Å². The Morgan fingerprint density at radius 3 is 1.79 bits per heavy atom. The summed E-state index contributed by atoms with van der Waals surface area (Å²) in [5.74, 6) is -5.54. The first-order chi connectivity index (χ1) is 13.3. The molecule has 0 aliphatic carbocycles. The van der Waals surface area contributed by atoms with Gasteiger partial charge in [-0.05, 0) is 12.8 Å². The van der Waals surface area contributed by atoms with E-state index in [1.807, 2.05) is 0 Å². The first-order valence-electron chi connectivity index (χ1n) is 8.78. The zero-order valence-corrected chi connectivity index (χ0v) is 16.4. The Labute approximate surface area is 167 Å². The Morgan fingerprint density at radius 1 is 0.897 bits per heavy atom. The van der Waals surface area contributed by atoms with E-state index in [0.29, 0.717) is 0 Å². The molecule has 29 heavy (non-hydrogen) atoms. The second-order valence-corrected chi connectivity index (χ2v) is 6.82. The lowest BCUT2D eigenvalue weighted by Gasteiger charge is -2.27. The van der Waals surface area contributed by atoms with E-state index >= 15 is 0 Å². The van der Waals surface area contributed by atoms with Gasteiger partial charge in [0.05, 0.1) is 25.2 Å². The third-order valence-electron chi connectivity index (χ3n) is 3.87. The third-order valence-corrected chi connectivity index (χ3v) is 3.87. The highest BCUT2D eigenvalue weighted by molar-refractivity contribution is 5.95. The molecule has 0 bridgehead atoms. The molecule has 0 rings (SSSR count). The van der Waals surface area contributed by atoms with Crippen molar-refractivity contribution < 1.29 is 39.3 Å². The Balaban J connectivity index is 5.18. The molecule has 0 aliphatic heterocycles. The Bertz CT molecular complexity index is 624. The molecule has 0 heterocycles. The molecule has 10 N–H and O–H groups in total. The fraction of sp³-hybridized carbons (Fsp3) is 0.688. The number of amides is 4. The van der Waals surface area contributed by atoms with E-state index in [2.05, 4.69) is 16.0 Å². The predicted molar refractivity (Wildman–Crippen MR) is 98.8 cm³/mol. The first kappa shape index (κ1) is 26.2. The number of aliphatic hydroxyl groups is 2. The van der Waals surface area contributed by atoms with E-state index in [4.69, 9.17) is 16.6 Å². The fourth-order valence-electron chi connectivity index (χ4n) is 2.20. The SMILES string of the molecule is CC(C)C(NC(=O)C(CO)NC(=O)C(N)CC(N)=O)C(=O)NC(C(=O)O)C(C)O. The molecule has 13 heteroatoms. The molecule has 4 amide bonds. The van der Waals surface area contributed by atoms with Gasteiger partial charge in [0.1, 0.15) is 12.1 Å². The van der Waals surface area contributed by atoms with E-state index in [-0.39, 0.29) is 0 Å². The predicted octanol–water partition coefficient (Wildman–Crippen LogP) is -4.24. The fourth-order valence-corrected chi connectivity index (χ4v) is 2.20. The number of carboxylic acid groups (broad SMARTS) is 1. The number of aliphatic carboxylic acids is 1. The number of carboxylic acids is 1. The number of primary amides is 1. The monoisotopic (exact) mass is 419 g/mol. The van der Waals surface area contributed by atoms with Crippen molar-refractivity contribution in [2.45, 2.75) is 57.5 Å². The van der Waals surface area contributed by atoms with Gasteiger partial charge in [-0.3, -0.25) is 19.2 Å². The van der Waals surface area contributed by atoms with Crippen molar-refractivity contribution in [3.05, 3.63) is 0 Å². The average Bonchev–Trinajstić information content (AvgIpc) is 2.59. The summed E-state index contributed by atoms with van der Waals surface area (Å²) >= 11 is 0. The second kappa shape index (κ2) is 11.9. The normalized spacial score (nSPS) is 16.1. The Kier molecular flexibility index (Phi) is 10.8. The van der Waals surface area contributed by atoms with Crippen molar-refractivity contribution in [3.8, 4) is 0 Å². The van der Waals surface area contributed by atoms with Gasteiger partial charge in [-0.15, -0.1) is 0 Å². The number of aliphatic hydroxyl groups excluding tert-OH is 2. The molecule has 166 valence electrons. The molecule has 5 atom stereocenters. The summed E-state index contributed by atoms with van der Waals surface area (Å²) < 4.78 is 0. The quantitative estimate of drug-likeness (QED) is 0.153. The number of hydrogen-bond acceptors (Lipinski definition) is 8. The van der Waals surface area contributed by atoms with Gasteiger partial charge in [-0.25, -0.2) is 4.79 Å². The number of nitrogens with one attached hydrogen (secondary N) is 3. The van der Waals surface area contributed by atoms with Crippen LogP contribution in [0, 0.1) is 5.92 Å². The highest BCUT2D eigenvalue weighted by Crippen LogP contribution is 2.05. The summed E-state index contributed by atoms with van der Waals surface area (Å²) in [5, 5.41) is 34.4. The number of hydrogen-bond donors (Lipinski definition) is 8. The lowest BCUT2D eigenvalue weighted by molar-refractivity contribution is -0.145. The molecule has 0 saturated heterocycles. The van der Waals surface area contributed by atoms with Gasteiger partial charge in [0.15, 0.2) is 6.04 Å². The van der Waals surface area contributed by atoms with Crippen molar-refractivity contribution >= 4 is 29.6 Å². The number of nitrogens with two attached hydrogens (primary N) is 2. The second-order valence-electron chi connectivity index (χ2n) is 6.82. The number of carbonyl (C=O) groups is 5. The lowest BCUT2D eigenvalue weighted by Crippen LogP contribution is -2.60. The molecule has 13 nitrogen and oxygen atoms in total. The molecule has 0 aromatic rings. The summed E-state index contributed by atoms with van der Waals surface area (Å²) in [7, 11) is 0. The van der Waals surface area contributed by atoms with Gasteiger partial charge in [0.2, 0.25) is 23.6 Å². The molecule has 0 fully saturated rings. The number of rotatable bonds is 12. The van der Waals surface area contributed by atoms with Crippen LogP contribution in [-0.4, -0.2) is 81.8 Å². The van der Waals surface area contributed by atoms with Crippen LogP contribution in [-0.2, 0) is 24.0 Å². The molecule has 0 aromatic carbocycles. The molecule has 0 aliphatic rings. The summed E-state index contributed by atoms with van der Waals surface area (Å²) in [6.07, 6.45) is -1.87. The maximum atomic E-state index is 12.4. The Morgan fingerprint density at radius 2 is 1.41 bits per heavy atom. The largest absolute Gasteiger partial charge is 0.480 e. The van der Waals surface area contributed by atoms with Gasteiger partial charge in [0, 0.05) is 0 Å². The van der Waals surface area contributed by atoms with Crippen LogP contribution < -0.4 is 27.4 Å². The molecule has 5 unspecified atom stereocenters. The van der Waals surface area contributed by atoms with Gasteiger partial charge in [-0.2, -0.15) is 0 Å². The van der Waals surface area contributed by atoms with Crippen LogP contribution in [0.3, 0.4) is 0 Å². The van der Waals surface area contributed by atoms with E-state index in [1.54, 1.807) is 13.8 Å². The lowest BCUT2D eigenvalue weighted by atomic mass is 10.0. The maximum Gasteiger partial charge on any atom is 0.328 e. The summed E-state index contributed by atoms with van der Waals surface area (Å²) in [4.78, 5) is 58.6. The molecular weight excluding hydrogens is 390 g/mol. The molecule has 0 aromatic heterocycles. The number of carbonyl (C=O) groups excluding carboxylic acids is 4. The van der Waals surface area contributed by atoms with Crippen LogP contribution >= 0.6 is 0 Å². The average molecular weight is 419 g/mol. The van der Waals surface area contributed by atoms with Crippen molar-refractivity contribution in [1.82, 2.24) is 16.0 Å². The first-order valence-corrected chi connectivity index (χ1v) is 8.78. The maximum absolute atomic E-state index is 12.4. The van der Waals surface area contributed by atoms with Gasteiger partial charge >= 0.3 is 5.97 Å².